The van der Waals surface area contributed by atoms with Crippen molar-refractivity contribution in [1.82, 2.24) is 5.32 Å². The van der Waals surface area contributed by atoms with Crippen LogP contribution in [0.2, 0.25) is 0 Å². The highest BCUT2D eigenvalue weighted by molar-refractivity contribution is 7.99. The van der Waals surface area contributed by atoms with Crippen LogP contribution in [0.1, 0.15) is 12.8 Å². The number of hydrogen-bond donors (Lipinski definition) is 2. The van der Waals surface area contributed by atoms with Gasteiger partial charge in [0.25, 0.3) is 5.76 Å². The van der Waals surface area contributed by atoms with Gasteiger partial charge in [0.15, 0.2) is 14.6 Å². The first-order valence-corrected chi connectivity index (χ1v) is 9.78. The summed E-state index contributed by atoms with van der Waals surface area (Å²) in [4.78, 5) is 12.9. The molecule has 1 heterocycles. The lowest BCUT2D eigenvalue weighted by molar-refractivity contribution is -0.119. The number of thioether (sulfide) groups is 1. The number of sulfone groups is 1. The normalized spacial score (nSPS) is 17.2. The number of carbonyl (C=O) groups is 1. The van der Waals surface area contributed by atoms with Gasteiger partial charge in [0, 0.05) is 16.8 Å². The van der Waals surface area contributed by atoms with E-state index in [-0.39, 0.29) is 25.2 Å². The van der Waals surface area contributed by atoms with E-state index in [1.807, 2.05) is 0 Å². The number of rotatable bonds is 5. The maximum absolute atomic E-state index is 12.6. The summed E-state index contributed by atoms with van der Waals surface area (Å²) in [6, 6.07) is 5.89. The molecule has 0 aliphatic carbocycles. The van der Waals surface area contributed by atoms with Gasteiger partial charge in [-0.3, -0.25) is 4.79 Å². The first-order valence-electron chi connectivity index (χ1n) is 7.01. The van der Waals surface area contributed by atoms with E-state index in [0.29, 0.717) is 35.4 Å². The molecule has 1 fully saturated rings. The fraction of sp³-hybridized carbons (Fsp3) is 0.500. The van der Waals surface area contributed by atoms with Crippen molar-refractivity contribution in [3.63, 3.8) is 0 Å². The van der Waals surface area contributed by atoms with Crippen LogP contribution < -0.4 is 10.6 Å². The molecule has 0 spiro atoms. The summed E-state index contributed by atoms with van der Waals surface area (Å²) >= 11 is 0.407. The fourth-order valence-corrected chi connectivity index (χ4v) is 4.39. The van der Waals surface area contributed by atoms with Crippen LogP contribution >= 0.6 is 24.2 Å². The lowest BCUT2D eigenvalue weighted by atomic mass is 9.95. The molecule has 2 N–H and O–H groups in total. The standard InChI is InChI=1S/C14H18F2N2O3S2.ClH/c1-23(20,21)14(6-8-17-9-7-14)12(19)18-10-2-4-11(5-3-10)22-13(15)16;/h2-5,13,17H,6-9H2,1H3,(H,18,19);1H. The summed E-state index contributed by atoms with van der Waals surface area (Å²) in [6.45, 7) is 0.898. The second-order valence-corrected chi connectivity index (χ2v) is 8.76. The number of amides is 1. The molecule has 0 saturated carbocycles. The summed E-state index contributed by atoms with van der Waals surface area (Å²) in [5, 5.41) is 5.63. The van der Waals surface area contributed by atoms with Gasteiger partial charge in [0.1, 0.15) is 0 Å². The molecule has 1 amide bonds. The van der Waals surface area contributed by atoms with Crippen LogP contribution in [0.15, 0.2) is 29.2 Å². The monoisotopic (exact) mass is 400 g/mol. The van der Waals surface area contributed by atoms with Crippen LogP contribution in [0.25, 0.3) is 0 Å². The molecule has 0 radical (unpaired) electrons. The Labute approximate surface area is 150 Å². The molecule has 1 aromatic rings. The summed E-state index contributed by atoms with van der Waals surface area (Å²) in [5.41, 5.74) is 0.384. The zero-order valence-electron chi connectivity index (χ0n) is 12.9. The summed E-state index contributed by atoms with van der Waals surface area (Å²) in [5.74, 6) is -3.09. The maximum Gasteiger partial charge on any atom is 0.288 e. The molecule has 24 heavy (non-hydrogen) atoms. The first-order chi connectivity index (χ1) is 10.7. The molecule has 0 bridgehead atoms. The third-order valence-corrected chi connectivity index (χ3v) is 6.61. The van der Waals surface area contributed by atoms with Crippen LogP contribution in [-0.2, 0) is 14.6 Å². The predicted molar refractivity (Wildman–Crippen MR) is 93.9 cm³/mol. The minimum Gasteiger partial charge on any atom is -0.325 e. The Morgan fingerprint density at radius 1 is 1.25 bits per heavy atom. The van der Waals surface area contributed by atoms with E-state index < -0.39 is 26.2 Å². The van der Waals surface area contributed by atoms with E-state index in [4.69, 9.17) is 0 Å². The molecule has 0 atom stereocenters. The highest BCUT2D eigenvalue weighted by Crippen LogP contribution is 2.30. The Balaban J connectivity index is 0.00000288. The van der Waals surface area contributed by atoms with Crippen molar-refractivity contribution in [2.24, 2.45) is 0 Å². The topological polar surface area (TPSA) is 75.3 Å². The van der Waals surface area contributed by atoms with E-state index in [0.717, 1.165) is 6.26 Å². The van der Waals surface area contributed by atoms with Gasteiger partial charge in [-0.05, 0) is 50.2 Å². The number of anilines is 1. The predicted octanol–water partition coefficient (Wildman–Crippen LogP) is 2.53. The molecule has 1 saturated heterocycles. The Morgan fingerprint density at radius 2 is 1.79 bits per heavy atom. The number of carbonyl (C=O) groups excluding carboxylic acids is 1. The minimum absolute atomic E-state index is 0. The number of benzene rings is 1. The minimum atomic E-state index is -3.59. The van der Waals surface area contributed by atoms with Crippen LogP contribution in [-0.4, -0.2) is 44.2 Å². The molecule has 1 aliphatic rings. The van der Waals surface area contributed by atoms with Gasteiger partial charge in [0.05, 0.1) is 0 Å². The lowest BCUT2D eigenvalue weighted by Crippen LogP contribution is -2.55. The maximum atomic E-state index is 12.6. The van der Waals surface area contributed by atoms with E-state index in [9.17, 15) is 22.0 Å². The lowest BCUT2D eigenvalue weighted by Gasteiger charge is -2.34. The highest BCUT2D eigenvalue weighted by Gasteiger charge is 2.48. The summed E-state index contributed by atoms with van der Waals surface area (Å²) < 4.78 is 47.4. The molecule has 136 valence electrons. The van der Waals surface area contributed by atoms with Crippen LogP contribution in [0.3, 0.4) is 0 Å². The second kappa shape index (κ2) is 8.46. The van der Waals surface area contributed by atoms with E-state index >= 15 is 0 Å². The summed E-state index contributed by atoms with van der Waals surface area (Å²) in [7, 11) is -3.59. The molecular formula is C14H19ClF2N2O3S2. The van der Waals surface area contributed by atoms with Gasteiger partial charge >= 0.3 is 0 Å². The third kappa shape index (κ3) is 4.81. The van der Waals surface area contributed by atoms with Crippen molar-refractivity contribution < 1.29 is 22.0 Å². The Morgan fingerprint density at radius 3 is 2.25 bits per heavy atom. The van der Waals surface area contributed by atoms with Crippen molar-refractivity contribution >= 4 is 45.6 Å². The zero-order valence-corrected chi connectivity index (χ0v) is 15.4. The smallest absolute Gasteiger partial charge is 0.288 e. The average Bonchev–Trinajstić information content (AvgIpc) is 2.48. The third-order valence-electron chi connectivity index (χ3n) is 3.87. The van der Waals surface area contributed by atoms with Gasteiger partial charge in [-0.25, -0.2) is 8.42 Å². The number of alkyl halides is 2. The molecule has 2 rings (SSSR count). The zero-order chi connectivity index (χ0) is 17.1. The van der Waals surface area contributed by atoms with E-state index in [1.54, 1.807) is 0 Å². The van der Waals surface area contributed by atoms with Crippen LogP contribution in [0, 0.1) is 0 Å². The van der Waals surface area contributed by atoms with Gasteiger partial charge in [-0.1, -0.05) is 11.8 Å². The van der Waals surface area contributed by atoms with Crippen molar-refractivity contribution in [2.45, 2.75) is 28.2 Å². The largest absolute Gasteiger partial charge is 0.325 e. The van der Waals surface area contributed by atoms with Crippen LogP contribution in [0.4, 0.5) is 14.5 Å². The van der Waals surface area contributed by atoms with Crippen molar-refractivity contribution in [3.8, 4) is 0 Å². The molecule has 10 heteroatoms. The Kier molecular flexibility index (Phi) is 7.45. The SMILES string of the molecule is CS(=O)(=O)C1(C(=O)Nc2ccc(SC(F)F)cc2)CCNCC1.Cl. The molecule has 1 aliphatic heterocycles. The van der Waals surface area contributed by atoms with Gasteiger partial charge in [0.2, 0.25) is 5.91 Å². The Hall–Kier alpha value is -0.900. The van der Waals surface area contributed by atoms with Gasteiger partial charge < -0.3 is 10.6 Å². The fourth-order valence-electron chi connectivity index (χ4n) is 2.56. The number of nitrogens with one attached hydrogen (secondary N) is 2. The quantitative estimate of drug-likeness (QED) is 0.743. The van der Waals surface area contributed by atoms with Gasteiger partial charge in [-0.2, -0.15) is 8.78 Å². The Bertz CT molecular complexity index is 663. The highest BCUT2D eigenvalue weighted by atomic mass is 35.5. The average molecular weight is 401 g/mol. The summed E-state index contributed by atoms with van der Waals surface area (Å²) in [6.07, 6.45) is 1.48. The van der Waals surface area contributed by atoms with Crippen molar-refractivity contribution in [1.29, 1.82) is 0 Å². The number of hydrogen-bond acceptors (Lipinski definition) is 5. The van der Waals surface area contributed by atoms with Crippen molar-refractivity contribution in [2.75, 3.05) is 24.7 Å². The molecular weight excluding hydrogens is 382 g/mol. The first kappa shape index (κ1) is 21.1. The van der Waals surface area contributed by atoms with E-state index in [2.05, 4.69) is 10.6 Å². The second-order valence-electron chi connectivity index (χ2n) is 5.37. The molecule has 1 aromatic carbocycles. The number of piperidine rings is 1. The molecule has 5 nitrogen and oxygen atoms in total. The number of halogens is 3. The van der Waals surface area contributed by atoms with Gasteiger partial charge in [-0.15, -0.1) is 12.4 Å². The molecule has 0 unspecified atom stereocenters. The van der Waals surface area contributed by atoms with Crippen LogP contribution in [0.5, 0.6) is 0 Å². The van der Waals surface area contributed by atoms with Crippen molar-refractivity contribution in [3.05, 3.63) is 24.3 Å². The molecule has 0 aromatic heterocycles. The van der Waals surface area contributed by atoms with E-state index in [1.165, 1.54) is 24.3 Å².